The van der Waals surface area contributed by atoms with Crippen molar-refractivity contribution in [3.8, 4) is 0 Å². The Labute approximate surface area is 112 Å². The minimum atomic E-state index is -3.04. The van der Waals surface area contributed by atoms with Crippen LogP contribution in [0.25, 0.3) is 0 Å². The van der Waals surface area contributed by atoms with Crippen molar-refractivity contribution < 1.29 is 13.2 Å². The van der Waals surface area contributed by atoms with Gasteiger partial charge >= 0.3 is 0 Å². The zero-order valence-corrected chi connectivity index (χ0v) is 11.6. The van der Waals surface area contributed by atoms with Crippen molar-refractivity contribution in [2.75, 3.05) is 37.5 Å². The van der Waals surface area contributed by atoms with E-state index in [1.807, 2.05) is 4.90 Å². The van der Waals surface area contributed by atoms with Gasteiger partial charge in [-0.25, -0.2) is 18.4 Å². The molecule has 0 radical (unpaired) electrons. The summed E-state index contributed by atoms with van der Waals surface area (Å²) < 4.78 is 29.1. The van der Waals surface area contributed by atoms with Crippen LogP contribution in [-0.4, -0.2) is 55.7 Å². The second kappa shape index (κ2) is 4.42. The van der Waals surface area contributed by atoms with Crippen LogP contribution in [0.1, 0.15) is 6.42 Å². The van der Waals surface area contributed by atoms with Gasteiger partial charge in [-0.3, -0.25) is 0 Å². The Morgan fingerprint density at radius 1 is 1.42 bits per heavy atom. The molecule has 1 spiro atoms. The fourth-order valence-electron chi connectivity index (χ4n) is 3.10. The Balaban J connectivity index is 1.82. The molecule has 2 aliphatic rings. The van der Waals surface area contributed by atoms with Crippen LogP contribution in [0.15, 0.2) is 18.5 Å². The smallest absolute Gasteiger partial charge is 0.225 e. The Bertz CT molecular complexity index is 555. The highest BCUT2D eigenvalue weighted by molar-refractivity contribution is 7.93. The van der Waals surface area contributed by atoms with E-state index in [4.69, 9.17) is 4.74 Å². The number of ether oxygens (including phenoxy) is 1. The number of hydrogen-bond acceptors (Lipinski definition) is 6. The van der Waals surface area contributed by atoms with Gasteiger partial charge in [-0.05, 0) is 12.5 Å². The third-order valence-corrected chi connectivity index (χ3v) is 6.82. The van der Waals surface area contributed by atoms with E-state index in [-0.39, 0.29) is 11.7 Å². The van der Waals surface area contributed by atoms with Crippen LogP contribution >= 0.6 is 0 Å². The van der Waals surface area contributed by atoms with E-state index in [2.05, 4.69) is 9.97 Å². The predicted molar refractivity (Wildman–Crippen MR) is 70.7 cm³/mol. The summed E-state index contributed by atoms with van der Waals surface area (Å²) in [6.45, 7) is 1.46. The summed E-state index contributed by atoms with van der Waals surface area (Å²) in [6, 6.07) is 1.75. The van der Waals surface area contributed by atoms with E-state index in [0.717, 1.165) is 0 Å². The van der Waals surface area contributed by atoms with Gasteiger partial charge in [0.1, 0.15) is 4.75 Å². The Morgan fingerprint density at radius 3 is 2.74 bits per heavy atom. The first-order valence-corrected chi connectivity index (χ1v) is 7.97. The number of nitrogens with zero attached hydrogens (tertiary/aromatic N) is 3. The van der Waals surface area contributed by atoms with Crippen molar-refractivity contribution in [2.45, 2.75) is 11.2 Å². The topological polar surface area (TPSA) is 72.4 Å². The lowest BCUT2D eigenvalue weighted by Gasteiger charge is -2.49. The van der Waals surface area contributed by atoms with Gasteiger partial charge in [-0.15, -0.1) is 0 Å². The Morgan fingerprint density at radius 2 is 2.11 bits per heavy atom. The van der Waals surface area contributed by atoms with Crippen molar-refractivity contribution in [3.63, 3.8) is 0 Å². The van der Waals surface area contributed by atoms with Crippen molar-refractivity contribution in [2.24, 2.45) is 5.92 Å². The molecule has 104 valence electrons. The summed E-state index contributed by atoms with van der Waals surface area (Å²) >= 11 is 0. The summed E-state index contributed by atoms with van der Waals surface area (Å²) in [5.41, 5.74) is 0. The van der Waals surface area contributed by atoms with Gasteiger partial charge in [0.15, 0.2) is 9.84 Å². The molecule has 0 bridgehead atoms. The molecule has 0 unspecified atom stereocenters. The average Bonchev–Trinajstić information content (AvgIpc) is 2.61. The predicted octanol–water partition coefficient (Wildman–Crippen LogP) is 0.116. The van der Waals surface area contributed by atoms with E-state index < -0.39 is 14.6 Å². The maximum Gasteiger partial charge on any atom is 0.225 e. The van der Waals surface area contributed by atoms with Gasteiger partial charge in [0, 0.05) is 38.5 Å². The molecule has 1 aromatic rings. The standard InChI is InChI=1S/C12H17N3O3S/c1-18-7-10-3-6-19(16,17)12(10)8-15(9-12)11-13-4-2-5-14-11/h2,4-5,10H,3,6-9H2,1H3/t10-/m1/s1. The number of sulfone groups is 1. The van der Waals surface area contributed by atoms with Gasteiger partial charge in [-0.1, -0.05) is 0 Å². The molecule has 0 aliphatic carbocycles. The summed E-state index contributed by atoms with van der Waals surface area (Å²) in [5.74, 6) is 0.957. The van der Waals surface area contributed by atoms with Crippen molar-refractivity contribution in [1.82, 2.24) is 9.97 Å². The molecule has 2 saturated heterocycles. The second-order valence-electron chi connectivity index (χ2n) is 5.23. The molecular weight excluding hydrogens is 266 g/mol. The first-order chi connectivity index (χ1) is 9.09. The quantitative estimate of drug-likeness (QED) is 0.784. The van der Waals surface area contributed by atoms with Crippen LogP contribution < -0.4 is 4.90 Å². The first kappa shape index (κ1) is 12.8. The van der Waals surface area contributed by atoms with E-state index in [0.29, 0.717) is 32.1 Å². The minimum Gasteiger partial charge on any atom is -0.384 e. The number of rotatable bonds is 3. The molecule has 7 heteroatoms. The van der Waals surface area contributed by atoms with E-state index in [1.165, 1.54) is 0 Å². The second-order valence-corrected chi connectivity index (χ2v) is 7.68. The monoisotopic (exact) mass is 283 g/mol. The van der Waals surface area contributed by atoms with Gasteiger partial charge in [0.05, 0.1) is 12.4 Å². The van der Waals surface area contributed by atoms with E-state index in [1.54, 1.807) is 25.6 Å². The molecule has 0 N–H and O–H groups in total. The lowest BCUT2D eigenvalue weighted by molar-refractivity contribution is 0.123. The molecule has 2 aliphatic heterocycles. The molecule has 0 aromatic carbocycles. The number of hydrogen-bond donors (Lipinski definition) is 0. The SMILES string of the molecule is COC[C@H]1CCS(=O)(=O)C12CN(c1ncccn1)C2. The number of methoxy groups -OCH3 is 1. The fraction of sp³-hybridized carbons (Fsp3) is 0.667. The maximum absolute atomic E-state index is 12.3. The summed E-state index contributed by atoms with van der Waals surface area (Å²) in [5, 5.41) is 0. The lowest BCUT2D eigenvalue weighted by Crippen LogP contribution is -2.68. The highest BCUT2D eigenvalue weighted by Gasteiger charge is 2.61. The van der Waals surface area contributed by atoms with Gasteiger partial charge in [-0.2, -0.15) is 0 Å². The van der Waals surface area contributed by atoms with Crippen LogP contribution in [0.2, 0.25) is 0 Å². The van der Waals surface area contributed by atoms with E-state index >= 15 is 0 Å². The molecule has 1 aromatic heterocycles. The lowest BCUT2D eigenvalue weighted by atomic mass is 9.84. The Hall–Kier alpha value is -1.21. The molecule has 0 saturated carbocycles. The van der Waals surface area contributed by atoms with Crippen LogP contribution in [0.5, 0.6) is 0 Å². The molecular formula is C12H17N3O3S. The molecule has 19 heavy (non-hydrogen) atoms. The van der Waals surface area contributed by atoms with Crippen molar-refractivity contribution in [3.05, 3.63) is 18.5 Å². The van der Waals surface area contributed by atoms with Gasteiger partial charge in [0.2, 0.25) is 5.95 Å². The molecule has 3 rings (SSSR count). The van der Waals surface area contributed by atoms with Crippen LogP contribution in [0, 0.1) is 5.92 Å². The molecule has 3 heterocycles. The Kier molecular flexibility index (Phi) is 2.98. The van der Waals surface area contributed by atoms with Crippen LogP contribution in [0.3, 0.4) is 0 Å². The molecule has 1 atom stereocenters. The maximum atomic E-state index is 12.3. The van der Waals surface area contributed by atoms with Gasteiger partial charge < -0.3 is 9.64 Å². The molecule has 6 nitrogen and oxygen atoms in total. The highest BCUT2D eigenvalue weighted by atomic mass is 32.2. The first-order valence-electron chi connectivity index (χ1n) is 6.32. The average molecular weight is 283 g/mol. The normalized spacial score (nSPS) is 27.4. The van der Waals surface area contributed by atoms with Gasteiger partial charge in [0.25, 0.3) is 0 Å². The van der Waals surface area contributed by atoms with Crippen molar-refractivity contribution in [1.29, 1.82) is 0 Å². The summed E-state index contributed by atoms with van der Waals surface area (Å²) in [6.07, 6.45) is 4.03. The summed E-state index contributed by atoms with van der Waals surface area (Å²) in [7, 11) is -1.42. The van der Waals surface area contributed by atoms with Crippen LogP contribution in [-0.2, 0) is 14.6 Å². The van der Waals surface area contributed by atoms with E-state index in [9.17, 15) is 8.42 Å². The largest absolute Gasteiger partial charge is 0.384 e. The zero-order chi connectivity index (χ0) is 13.5. The summed E-state index contributed by atoms with van der Waals surface area (Å²) in [4.78, 5) is 10.2. The molecule has 0 amide bonds. The zero-order valence-electron chi connectivity index (χ0n) is 10.8. The molecule has 2 fully saturated rings. The third-order valence-electron chi connectivity index (χ3n) is 4.22. The number of anilines is 1. The fourth-order valence-corrected chi connectivity index (χ4v) is 5.50. The van der Waals surface area contributed by atoms with Crippen LogP contribution in [0.4, 0.5) is 5.95 Å². The van der Waals surface area contributed by atoms with Crippen molar-refractivity contribution >= 4 is 15.8 Å². The minimum absolute atomic E-state index is 0.0856. The highest BCUT2D eigenvalue weighted by Crippen LogP contribution is 2.45. The third kappa shape index (κ3) is 1.83. The number of aromatic nitrogens is 2.